The topological polar surface area (TPSA) is 127 Å². The molecule has 0 saturated carbocycles. The molecule has 0 radical (unpaired) electrons. The molecule has 2 saturated heterocycles. The van der Waals surface area contributed by atoms with Gasteiger partial charge in [-0.3, -0.25) is 4.79 Å². The molecule has 0 bridgehead atoms. The number of amides is 1. The van der Waals surface area contributed by atoms with Crippen molar-refractivity contribution in [3.63, 3.8) is 0 Å². The predicted molar refractivity (Wildman–Crippen MR) is 149 cm³/mol. The van der Waals surface area contributed by atoms with Gasteiger partial charge in [0.15, 0.2) is 17.3 Å². The molecule has 206 valence electrons. The van der Waals surface area contributed by atoms with Crippen LogP contribution >= 0.6 is 0 Å². The molecular formula is C28H25FN10O2. The molecule has 13 heteroatoms. The Morgan fingerprint density at radius 2 is 1.93 bits per heavy atom. The van der Waals surface area contributed by atoms with E-state index in [0.29, 0.717) is 70.4 Å². The van der Waals surface area contributed by atoms with Gasteiger partial charge in [0.25, 0.3) is 0 Å². The lowest BCUT2D eigenvalue weighted by atomic mass is 10.0. The molecule has 2 aliphatic heterocycles. The van der Waals surface area contributed by atoms with Crippen LogP contribution in [0.25, 0.3) is 16.7 Å². The van der Waals surface area contributed by atoms with Crippen LogP contribution in [0, 0.1) is 24.6 Å². The van der Waals surface area contributed by atoms with Crippen LogP contribution in [0.5, 0.6) is 11.5 Å². The maximum Gasteiger partial charge on any atom is 0.245 e. The number of ether oxygens (including phenoxy) is 1. The minimum absolute atomic E-state index is 0.0313. The number of benzene rings is 1. The summed E-state index contributed by atoms with van der Waals surface area (Å²) in [6.45, 7) is 8.12. The van der Waals surface area contributed by atoms with Crippen LogP contribution in [0.3, 0.4) is 0 Å². The molecule has 0 spiro atoms. The summed E-state index contributed by atoms with van der Waals surface area (Å²) in [7, 11) is 0. The molecule has 2 fully saturated rings. The molecule has 0 aliphatic carbocycles. The summed E-state index contributed by atoms with van der Waals surface area (Å²) < 4.78 is 23.1. The van der Waals surface area contributed by atoms with Crippen molar-refractivity contribution >= 4 is 40.0 Å². The fourth-order valence-electron chi connectivity index (χ4n) is 5.54. The van der Waals surface area contributed by atoms with Gasteiger partial charge in [-0.25, -0.2) is 33.8 Å². The molecule has 5 aromatic rings. The fraction of sp³-hybridized carbons (Fsp3) is 0.250. The van der Waals surface area contributed by atoms with Gasteiger partial charge in [-0.2, -0.15) is 5.10 Å². The summed E-state index contributed by atoms with van der Waals surface area (Å²) in [5.41, 5.74) is 2.20. The number of pyridine rings is 1. The van der Waals surface area contributed by atoms with E-state index in [0.717, 1.165) is 13.1 Å². The Bertz CT molecular complexity index is 1810. The molecule has 1 aromatic carbocycles. The molecule has 41 heavy (non-hydrogen) atoms. The summed E-state index contributed by atoms with van der Waals surface area (Å²) in [6, 6.07) is 6.76. The van der Waals surface area contributed by atoms with E-state index >= 15 is 4.39 Å². The number of hydrogen-bond donors (Lipinski definition) is 1. The molecule has 4 aromatic heterocycles. The largest absolute Gasteiger partial charge is 0.457 e. The van der Waals surface area contributed by atoms with Crippen molar-refractivity contribution in [2.45, 2.75) is 6.92 Å². The SMILES string of the molecule is C=CC(=O)N1C[C@@H]2CN(c3ncc4ncnc(Nc5ccc(Oc6ccn7ncnc7c6)c(C)c5F)c4n3)C[C@@H]2C1. The van der Waals surface area contributed by atoms with E-state index in [1.807, 2.05) is 4.90 Å². The molecule has 12 nitrogen and oxygen atoms in total. The number of carbonyl (C=O) groups excluding carboxylic acids is 1. The Kier molecular flexibility index (Phi) is 5.91. The maximum atomic E-state index is 15.5. The lowest BCUT2D eigenvalue weighted by Gasteiger charge is -2.21. The number of nitrogens with one attached hydrogen (secondary N) is 1. The lowest BCUT2D eigenvalue weighted by molar-refractivity contribution is -0.125. The normalized spacial score (nSPS) is 18.2. The van der Waals surface area contributed by atoms with E-state index in [-0.39, 0.29) is 11.6 Å². The predicted octanol–water partition coefficient (Wildman–Crippen LogP) is 3.53. The van der Waals surface area contributed by atoms with Gasteiger partial charge in [0.1, 0.15) is 35.2 Å². The molecule has 2 atom stereocenters. The molecule has 7 rings (SSSR count). The lowest BCUT2D eigenvalue weighted by Crippen LogP contribution is -2.32. The highest BCUT2D eigenvalue weighted by atomic mass is 19.1. The zero-order valence-electron chi connectivity index (χ0n) is 22.1. The molecule has 6 heterocycles. The quantitative estimate of drug-likeness (QED) is 0.313. The van der Waals surface area contributed by atoms with Crippen LogP contribution in [-0.2, 0) is 4.79 Å². The van der Waals surface area contributed by atoms with Crippen molar-refractivity contribution in [1.82, 2.24) is 39.4 Å². The van der Waals surface area contributed by atoms with Gasteiger partial charge in [0.2, 0.25) is 11.9 Å². The van der Waals surface area contributed by atoms with Crippen molar-refractivity contribution in [2.24, 2.45) is 11.8 Å². The van der Waals surface area contributed by atoms with E-state index in [2.05, 4.69) is 41.8 Å². The Balaban J connectivity index is 1.12. The molecule has 1 N–H and O–H groups in total. The number of anilines is 3. The first-order chi connectivity index (χ1) is 20.0. The highest BCUT2D eigenvalue weighted by Gasteiger charge is 2.42. The summed E-state index contributed by atoms with van der Waals surface area (Å²) in [5.74, 6) is 2.00. The number of aromatic nitrogens is 7. The average molecular weight is 553 g/mol. The first kappa shape index (κ1) is 24.8. The number of hydrogen-bond acceptors (Lipinski definition) is 10. The second-order valence-corrected chi connectivity index (χ2v) is 10.2. The number of fused-ring (bicyclic) bond motifs is 3. The fourth-order valence-corrected chi connectivity index (χ4v) is 5.54. The van der Waals surface area contributed by atoms with Crippen LogP contribution in [0.2, 0.25) is 0 Å². The third-order valence-corrected chi connectivity index (χ3v) is 7.69. The van der Waals surface area contributed by atoms with Crippen LogP contribution in [0.15, 0.2) is 62.0 Å². The van der Waals surface area contributed by atoms with E-state index in [1.165, 1.54) is 18.7 Å². The van der Waals surface area contributed by atoms with Crippen molar-refractivity contribution in [3.8, 4) is 11.5 Å². The van der Waals surface area contributed by atoms with Gasteiger partial charge >= 0.3 is 0 Å². The molecular weight excluding hydrogens is 527 g/mol. The van der Waals surface area contributed by atoms with Crippen molar-refractivity contribution in [1.29, 1.82) is 0 Å². The molecule has 1 amide bonds. The first-order valence-electron chi connectivity index (χ1n) is 13.1. The van der Waals surface area contributed by atoms with Crippen LogP contribution in [0.4, 0.5) is 21.8 Å². The minimum atomic E-state index is -0.474. The van der Waals surface area contributed by atoms with Gasteiger partial charge in [-0.05, 0) is 31.2 Å². The van der Waals surface area contributed by atoms with Crippen LogP contribution in [-0.4, -0.2) is 71.5 Å². The summed E-state index contributed by atoms with van der Waals surface area (Å²) in [4.78, 5) is 38.1. The van der Waals surface area contributed by atoms with Crippen LogP contribution < -0.4 is 15.0 Å². The Morgan fingerprint density at radius 3 is 2.73 bits per heavy atom. The molecule has 0 unspecified atom stereocenters. The Hall–Kier alpha value is -5.20. The number of halogens is 1. The number of nitrogens with zero attached hydrogens (tertiary/aromatic N) is 9. The van der Waals surface area contributed by atoms with E-state index in [9.17, 15) is 4.79 Å². The zero-order chi connectivity index (χ0) is 28.1. The van der Waals surface area contributed by atoms with Crippen molar-refractivity contribution in [2.75, 3.05) is 36.4 Å². The third kappa shape index (κ3) is 4.44. The number of rotatable bonds is 6. The van der Waals surface area contributed by atoms with E-state index in [4.69, 9.17) is 9.72 Å². The summed E-state index contributed by atoms with van der Waals surface area (Å²) in [6.07, 6.45) is 7.58. The summed E-state index contributed by atoms with van der Waals surface area (Å²) in [5, 5.41) is 7.15. The monoisotopic (exact) mass is 552 g/mol. The zero-order valence-corrected chi connectivity index (χ0v) is 22.1. The maximum absolute atomic E-state index is 15.5. The number of carbonyl (C=O) groups is 1. The van der Waals surface area contributed by atoms with Gasteiger partial charge < -0.3 is 19.9 Å². The van der Waals surface area contributed by atoms with Gasteiger partial charge in [0.05, 0.1) is 11.9 Å². The second kappa shape index (κ2) is 9.77. The standard InChI is InChI=1S/C28H25FN10O2/c1-3-24(40)37-10-17-12-38(13-18(17)11-37)28-30-9-21-26(36-28)27(33-14-31-21)35-20-4-5-22(16(2)25(20)29)41-19-6-7-39-23(8-19)32-15-34-39/h3-9,14-15,17-18H,1,10-13H2,2H3,(H,31,33,35)/t17-,18+. The Morgan fingerprint density at radius 1 is 1.10 bits per heavy atom. The van der Waals surface area contributed by atoms with Crippen molar-refractivity contribution in [3.05, 3.63) is 73.3 Å². The average Bonchev–Trinajstić information content (AvgIpc) is 3.72. The second-order valence-electron chi connectivity index (χ2n) is 10.2. The highest BCUT2D eigenvalue weighted by molar-refractivity contribution is 5.88. The highest BCUT2D eigenvalue weighted by Crippen LogP contribution is 2.35. The van der Waals surface area contributed by atoms with E-state index < -0.39 is 5.82 Å². The smallest absolute Gasteiger partial charge is 0.245 e. The van der Waals surface area contributed by atoms with Crippen LogP contribution in [0.1, 0.15) is 5.56 Å². The van der Waals surface area contributed by atoms with Gasteiger partial charge in [-0.1, -0.05) is 6.58 Å². The van der Waals surface area contributed by atoms with Gasteiger partial charge in [0, 0.05) is 55.8 Å². The van der Waals surface area contributed by atoms with Crippen molar-refractivity contribution < 1.29 is 13.9 Å². The first-order valence-corrected chi connectivity index (χ1v) is 13.1. The third-order valence-electron chi connectivity index (χ3n) is 7.69. The van der Waals surface area contributed by atoms with E-state index in [1.54, 1.807) is 48.1 Å². The van der Waals surface area contributed by atoms with Gasteiger partial charge in [-0.15, -0.1) is 0 Å². The minimum Gasteiger partial charge on any atom is -0.457 e. The molecule has 2 aliphatic rings. The number of likely N-dealkylation sites (tertiary alicyclic amines) is 1. The summed E-state index contributed by atoms with van der Waals surface area (Å²) >= 11 is 0. The Labute approximate surface area is 233 Å².